The summed E-state index contributed by atoms with van der Waals surface area (Å²) in [6.07, 6.45) is 13.7. The SMILES string of the molecule is CSC(SC)=C1C(=O)c2ccccc2C(C)(CCCC2CCCCC2)C1=O. The van der Waals surface area contributed by atoms with E-state index in [9.17, 15) is 9.59 Å². The topological polar surface area (TPSA) is 34.1 Å². The van der Waals surface area contributed by atoms with Crippen LogP contribution in [-0.4, -0.2) is 24.1 Å². The van der Waals surface area contributed by atoms with Crippen molar-refractivity contribution in [3.63, 3.8) is 0 Å². The maximum absolute atomic E-state index is 13.6. The minimum absolute atomic E-state index is 0.0218. The summed E-state index contributed by atoms with van der Waals surface area (Å²) in [5.41, 5.74) is 1.46. The van der Waals surface area contributed by atoms with E-state index in [1.165, 1.54) is 62.0 Å². The van der Waals surface area contributed by atoms with E-state index in [1.807, 2.05) is 36.8 Å². The monoisotopic (exact) mass is 402 g/mol. The van der Waals surface area contributed by atoms with Crippen molar-refractivity contribution >= 4 is 35.1 Å². The van der Waals surface area contributed by atoms with Crippen molar-refractivity contribution in [3.8, 4) is 0 Å². The molecule has 0 N–H and O–H groups in total. The number of benzene rings is 1. The molecule has 0 amide bonds. The second-order valence-corrected chi connectivity index (χ2v) is 9.89. The Kier molecular flexibility index (Phi) is 6.91. The van der Waals surface area contributed by atoms with Gasteiger partial charge in [0, 0.05) is 5.56 Å². The maximum atomic E-state index is 13.6. The highest BCUT2D eigenvalue weighted by Crippen LogP contribution is 2.44. The molecule has 3 rings (SSSR count). The average molecular weight is 403 g/mol. The molecule has 0 saturated heterocycles. The molecule has 2 aliphatic carbocycles. The summed E-state index contributed by atoms with van der Waals surface area (Å²) in [6, 6.07) is 7.74. The summed E-state index contributed by atoms with van der Waals surface area (Å²) in [5, 5.41) is 0. The van der Waals surface area contributed by atoms with Crippen molar-refractivity contribution in [2.75, 3.05) is 12.5 Å². The Balaban J connectivity index is 1.91. The lowest BCUT2D eigenvalue weighted by Gasteiger charge is -2.36. The van der Waals surface area contributed by atoms with Crippen LogP contribution in [0.5, 0.6) is 0 Å². The van der Waals surface area contributed by atoms with Crippen LogP contribution in [0.2, 0.25) is 0 Å². The molecule has 27 heavy (non-hydrogen) atoms. The molecule has 146 valence electrons. The molecular formula is C23H30O2S2. The zero-order chi connectivity index (χ0) is 19.4. The lowest BCUT2D eigenvalue weighted by atomic mass is 9.65. The highest BCUT2D eigenvalue weighted by Gasteiger charge is 2.46. The summed E-state index contributed by atoms with van der Waals surface area (Å²) in [7, 11) is 0. The highest BCUT2D eigenvalue weighted by atomic mass is 32.2. The molecule has 1 atom stereocenters. The maximum Gasteiger partial charge on any atom is 0.198 e. The van der Waals surface area contributed by atoms with Crippen LogP contribution >= 0.6 is 23.5 Å². The van der Waals surface area contributed by atoms with Crippen molar-refractivity contribution in [1.82, 2.24) is 0 Å². The van der Waals surface area contributed by atoms with Gasteiger partial charge < -0.3 is 0 Å². The van der Waals surface area contributed by atoms with E-state index >= 15 is 0 Å². The van der Waals surface area contributed by atoms with Gasteiger partial charge in [0.1, 0.15) is 0 Å². The molecule has 0 bridgehead atoms. The molecule has 0 heterocycles. The number of fused-ring (bicyclic) bond motifs is 1. The van der Waals surface area contributed by atoms with Crippen LogP contribution in [0.1, 0.15) is 74.2 Å². The predicted octanol–water partition coefficient (Wildman–Crippen LogP) is 6.40. The van der Waals surface area contributed by atoms with E-state index in [4.69, 9.17) is 0 Å². The number of thioether (sulfide) groups is 2. The molecule has 2 nitrogen and oxygen atoms in total. The lowest BCUT2D eigenvalue weighted by Crippen LogP contribution is -2.42. The van der Waals surface area contributed by atoms with E-state index in [0.717, 1.165) is 28.6 Å². The van der Waals surface area contributed by atoms with Crippen molar-refractivity contribution in [3.05, 3.63) is 45.2 Å². The Morgan fingerprint density at radius 3 is 2.41 bits per heavy atom. The Bertz CT molecular complexity index is 741. The third-order valence-electron chi connectivity index (χ3n) is 6.31. The molecule has 0 aliphatic heterocycles. The minimum atomic E-state index is -0.592. The molecule has 1 aromatic carbocycles. The standard InChI is InChI=1S/C23H30O2S2/c1-23(15-9-12-16-10-5-4-6-11-16)18-14-8-7-13-17(18)20(24)19(21(23)25)22(26-2)27-3/h7-8,13-14,16H,4-6,9-12,15H2,1-3H3. The second kappa shape index (κ2) is 9.00. The first-order valence-corrected chi connectivity index (χ1v) is 12.5. The van der Waals surface area contributed by atoms with Crippen molar-refractivity contribution in [2.45, 2.75) is 63.7 Å². The molecule has 0 aromatic heterocycles. The van der Waals surface area contributed by atoms with Crippen LogP contribution in [0.15, 0.2) is 34.1 Å². The number of hydrogen-bond donors (Lipinski definition) is 0. The fourth-order valence-corrected chi connectivity index (χ4v) is 6.19. The van der Waals surface area contributed by atoms with Gasteiger partial charge in [-0.25, -0.2) is 0 Å². The number of carbonyl (C=O) groups excluding carboxylic acids is 2. The van der Waals surface area contributed by atoms with E-state index in [2.05, 4.69) is 6.92 Å². The second-order valence-electron chi connectivity index (χ2n) is 8.00. The number of hydrogen-bond acceptors (Lipinski definition) is 4. The van der Waals surface area contributed by atoms with Crippen molar-refractivity contribution in [2.24, 2.45) is 5.92 Å². The minimum Gasteiger partial charge on any atom is -0.293 e. The molecule has 1 saturated carbocycles. The van der Waals surface area contributed by atoms with E-state index in [1.54, 1.807) is 0 Å². The Morgan fingerprint density at radius 2 is 1.74 bits per heavy atom. The molecule has 1 unspecified atom stereocenters. The van der Waals surface area contributed by atoms with Gasteiger partial charge in [-0.15, -0.1) is 23.5 Å². The number of allylic oxidation sites excluding steroid dienone is 1. The lowest BCUT2D eigenvalue weighted by molar-refractivity contribution is -0.120. The van der Waals surface area contributed by atoms with Crippen LogP contribution in [0.3, 0.4) is 0 Å². The first-order valence-electron chi connectivity index (χ1n) is 10.0. The van der Waals surface area contributed by atoms with Crippen molar-refractivity contribution in [1.29, 1.82) is 0 Å². The largest absolute Gasteiger partial charge is 0.293 e. The van der Waals surface area contributed by atoms with E-state index in [0.29, 0.717) is 11.1 Å². The number of rotatable bonds is 6. The van der Waals surface area contributed by atoms with Gasteiger partial charge in [0.05, 0.1) is 15.2 Å². The first-order chi connectivity index (χ1) is 13.0. The Morgan fingerprint density at radius 1 is 1.07 bits per heavy atom. The van der Waals surface area contributed by atoms with Gasteiger partial charge in [-0.2, -0.15) is 0 Å². The number of carbonyl (C=O) groups is 2. The molecular weight excluding hydrogens is 372 g/mol. The predicted molar refractivity (Wildman–Crippen MR) is 118 cm³/mol. The molecule has 1 fully saturated rings. The van der Waals surface area contributed by atoms with Gasteiger partial charge in [-0.1, -0.05) is 69.2 Å². The number of Topliss-reactive ketones (excluding diaryl/α,β-unsaturated/α-hetero) is 2. The Hall–Kier alpha value is -1.00. The molecule has 2 aliphatic rings. The van der Waals surface area contributed by atoms with Gasteiger partial charge in [0.25, 0.3) is 0 Å². The van der Waals surface area contributed by atoms with E-state index < -0.39 is 5.41 Å². The summed E-state index contributed by atoms with van der Waals surface area (Å²) in [6.45, 7) is 2.06. The zero-order valence-corrected chi connectivity index (χ0v) is 18.3. The number of ketones is 2. The smallest absolute Gasteiger partial charge is 0.198 e. The van der Waals surface area contributed by atoms with Gasteiger partial charge in [-0.05, 0) is 37.3 Å². The summed E-state index contributed by atoms with van der Waals surface area (Å²) in [4.78, 5) is 26.6. The molecule has 4 heteroatoms. The Labute approximate surface area is 172 Å². The van der Waals surface area contributed by atoms with Crippen LogP contribution in [-0.2, 0) is 10.2 Å². The van der Waals surface area contributed by atoms with Crippen LogP contribution in [0, 0.1) is 5.92 Å². The van der Waals surface area contributed by atoms with Gasteiger partial charge in [0.15, 0.2) is 11.6 Å². The van der Waals surface area contributed by atoms with Crippen LogP contribution in [0.25, 0.3) is 0 Å². The zero-order valence-electron chi connectivity index (χ0n) is 16.7. The highest BCUT2D eigenvalue weighted by molar-refractivity contribution is 8.21. The van der Waals surface area contributed by atoms with Crippen molar-refractivity contribution < 1.29 is 9.59 Å². The van der Waals surface area contributed by atoms with E-state index in [-0.39, 0.29) is 11.6 Å². The first kappa shape index (κ1) is 20.7. The quantitative estimate of drug-likeness (QED) is 0.407. The fraction of sp³-hybridized carbons (Fsp3) is 0.565. The summed E-state index contributed by atoms with van der Waals surface area (Å²) >= 11 is 3.01. The summed E-state index contributed by atoms with van der Waals surface area (Å²) in [5.74, 6) is 0.744. The average Bonchev–Trinajstić information content (AvgIpc) is 2.71. The van der Waals surface area contributed by atoms with Gasteiger partial charge >= 0.3 is 0 Å². The third kappa shape index (κ3) is 4.07. The molecule has 1 aromatic rings. The summed E-state index contributed by atoms with van der Waals surface area (Å²) < 4.78 is 0.845. The molecule has 0 radical (unpaired) electrons. The van der Waals surface area contributed by atoms with Crippen LogP contribution < -0.4 is 0 Å². The van der Waals surface area contributed by atoms with Gasteiger partial charge in [-0.3, -0.25) is 9.59 Å². The third-order valence-corrected chi connectivity index (χ3v) is 8.46. The molecule has 0 spiro atoms. The van der Waals surface area contributed by atoms with Gasteiger partial charge in [0.2, 0.25) is 0 Å². The fourth-order valence-electron chi connectivity index (χ4n) is 4.74. The van der Waals surface area contributed by atoms with Crippen LogP contribution in [0.4, 0.5) is 0 Å². The normalized spacial score (nSPS) is 23.4.